The van der Waals surface area contributed by atoms with E-state index in [1.54, 1.807) is 49.0 Å². The zero-order chi connectivity index (χ0) is 33.2. The van der Waals surface area contributed by atoms with Crippen molar-refractivity contribution in [2.75, 3.05) is 14.2 Å². The van der Waals surface area contributed by atoms with Crippen LogP contribution < -0.4 is 9.47 Å². The molecule has 0 N–H and O–H groups in total. The molecule has 0 unspecified atom stereocenters. The third-order valence-corrected chi connectivity index (χ3v) is 16.7. The van der Waals surface area contributed by atoms with Crippen molar-refractivity contribution in [3.8, 4) is 59.0 Å². The van der Waals surface area contributed by atoms with Crippen LogP contribution in [0.2, 0.25) is 0 Å². The topological polar surface area (TPSA) is 94.2 Å². The molecule has 8 rings (SSSR count). The molecule has 2 aliphatic carbocycles. The first-order valence-electron chi connectivity index (χ1n) is 15.0. The van der Waals surface area contributed by atoms with Gasteiger partial charge in [0.25, 0.3) is 5.70 Å². The second-order valence-electron chi connectivity index (χ2n) is 11.5. The average Bonchev–Trinajstić information content (AvgIpc) is 3.96. The number of nitriles is 3. The number of ether oxygens (including phenoxy) is 2. The van der Waals surface area contributed by atoms with Crippen molar-refractivity contribution in [1.82, 2.24) is 0 Å². The van der Waals surface area contributed by atoms with Gasteiger partial charge in [0.15, 0.2) is 0 Å². The molecule has 6 heterocycles. The smallest absolute Gasteiger partial charge is 0.263 e. The molecule has 6 aromatic heterocycles. The standard InChI is InChI=1S/C36H22N4O2S6/c1-40-19(17-39)10-21-12-24(42-3)30(44-21)25-13-22-29(45-25)33-28(36(22)7-5-4-6-8-36)34-35(48-33)32-27(47-34)14-26(46-32)31-23(41-2)11-20(43-31)9-18(15-37)16-38/h9-14H,4-8H2,2-3H3/b19-10+. The molecule has 48 heavy (non-hydrogen) atoms. The molecule has 0 aromatic carbocycles. The number of methoxy groups -OCH3 is 2. The van der Waals surface area contributed by atoms with E-state index in [4.69, 9.17) is 16.0 Å². The van der Waals surface area contributed by atoms with Crippen LogP contribution in [0.4, 0.5) is 0 Å². The molecule has 0 aliphatic heterocycles. The van der Waals surface area contributed by atoms with Crippen molar-refractivity contribution >= 4 is 99.0 Å². The maximum atomic E-state index is 9.31. The number of rotatable bonds is 6. The summed E-state index contributed by atoms with van der Waals surface area (Å²) in [5.41, 5.74) is 3.13. The Morgan fingerprint density at radius 1 is 0.729 bits per heavy atom. The SMILES string of the molecule is [C-]#[N+]/C(C#N)=C/c1cc(OC)c(-c2cc3c(s2)-c2sc4c(sc5cc(-c6sc(C=C(C#N)C#N)cc6OC)sc54)c2C32CCCCC2)s1. The van der Waals surface area contributed by atoms with E-state index in [0.29, 0.717) is 0 Å². The second-order valence-corrected chi connectivity index (χ2v) is 17.8. The van der Waals surface area contributed by atoms with Gasteiger partial charge >= 0.3 is 0 Å². The average molecular weight is 735 g/mol. The highest BCUT2D eigenvalue weighted by Gasteiger charge is 2.48. The fraction of sp³-hybridized carbons (Fsp3) is 0.222. The summed E-state index contributed by atoms with van der Waals surface area (Å²) in [6.45, 7) is 7.29. The minimum atomic E-state index is 0.00835. The summed E-state index contributed by atoms with van der Waals surface area (Å²) in [4.78, 5) is 12.1. The van der Waals surface area contributed by atoms with Crippen LogP contribution in [0.15, 0.2) is 35.5 Å². The highest BCUT2D eigenvalue weighted by Crippen LogP contribution is 2.66. The van der Waals surface area contributed by atoms with Crippen LogP contribution >= 0.6 is 68.0 Å². The number of nitrogens with zero attached hydrogens (tertiary/aromatic N) is 4. The Bertz CT molecular complexity index is 2500. The predicted molar refractivity (Wildman–Crippen MR) is 201 cm³/mol. The van der Waals surface area contributed by atoms with Gasteiger partial charge in [-0.05, 0) is 54.8 Å². The highest BCUT2D eigenvalue weighted by atomic mass is 32.1. The lowest BCUT2D eigenvalue weighted by Gasteiger charge is -2.35. The van der Waals surface area contributed by atoms with E-state index >= 15 is 0 Å². The Labute approximate surface area is 300 Å². The molecule has 1 fully saturated rings. The van der Waals surface area contributed by atoms with Crippen LogP contribution in [0.1, 0.15) is 53.0 Å². The van der Waals surface area contributed by atoms with Gasteiger partial charge in [0.05, 0.1) is 60.5 Å². The molecule has 0 atom stereocenters. The fourth-order valence-electron chi connectivity index (χ4n) is 6.95. The molecule has 0 radical (unpaired) electrons. The van der Waals surface area contributed by atoms with Crippen LogP contribution in [0.25, 0.3) is 65.1 Å². The Kier molecular flexibility index (Phi) is 7.78. The van der Waals surface area contributed by atoms with Gasteiger partial charge in [0.1, 0.15) is 29.2 Å². The van der Waals surface area contributed by atoms with Gasteiger partial charge in [-0.25, -0.2) is 10.1 Å². The Morgan fingerprint density at radius 3 is 2.02 bits per heavy atom. The van der Waals surface area contributed by atoms with Crippen LogP contribution in [0.5, 0.6) is 11.5 Å². The molecule has 0 amide bonds. The van der Waals surface area contributed by atoms with E-state index in [2.05, 4.69) is 17.0 Å². The van der Waals surface area contributed by atoms with Gasteiger partial charge in [0, 0.05) is 35.2 Å². The van der Waals surface area contributed by atoms with Crippen molar-refractivity contribution in [2.45, 2.75) is 37.5 Å². The van der Waals surface area contributed by atoms with E-state index in [1.165, 1.54) is 75.2 Å². The quantitative estimate of drug-likeness (QED) is 0.125. The van der Waals surface area contributed by atoms with E-state index in [-0.39, 0.29) is 16.7 Å². The first-order chi connectivity index (χ1) is 23.4. The van der Waals surface area contributed by atoms with E-state index < -0.39 is 0 Å². The van der Waals surface area contributed by atoms with Gasteiger partial charge in [-0.3, -0.25) is 0 Å². The van der Waals surface area contributed by atoms with Gasteiger partial charge in [-0.2, -0.15) is 10.5 Å². The number of allylic oxidation sites excluding steroid dienone is 2. The van der Waals surface area contributed by atoms with E-state index in [1.807, 2.05) is 64.4 Å². The van der Waals surface area contributed by atoms with Crippen LogP contribution in [-0.2, 0) is 5.41 Å². The summed E-state index contributed by atoms with van der Waals surface area (Å²) in [5, 5.41) is 27.8. The summed E-state index contributed by atoms with van der Waals surface area (Å²) < 4.78 is 16.9. The van der Waals surface area contributed by atoms with Crippen LogP contribution in [-0.4, -0.2) is 14.2 Å². The molecule has 12 heteroatoms. The van der Waals surface area contributed by atoms with Crippen LogP contribution in [0.3, 0.4) is 0 Å². The molecule has 6 nitrogen and oxygen atoms in total. The van der Waals surface area contributed by atoms with Crippen molar-refractivity contribution in [2.24, 2.45) is 0 Å². The summed E-state index contributed by atoms with van der Waals surface area (Å²) in [6, 6.07) is 14.4. The van der Waals surface area contributed by atoms with Gasteiger partial charge in [-0.15, -0.1) is 68.0 Å². The van der Waals surface area contributed by atoms with E-state index in [9.17, 15) is 15.8 Å². The minimum absolute atomic E-state index is 0.00835. The number of hydrogen-bond donors (Lipinski definition) is 0. The predicted octanol–water partition coefficient (Wildman–Crippen LogP) is 12.2. The summed E-state index contributed by atoms with van der Waals surface area (Å²) >= 11 is 10.6. The van der Waals surface area contributed by atoms with Gasteiger partial charge < -0.3 is 9.47 Å². The number of fused-ring (bicyclic) bond motifs is 9. The van der Waals surface area contributed by atoms with Crippen molar-refractivity contribution in [1.29, 1.82) is 15.8 Å². The molecule has 0 bridgehead atoms. The third-order valence-electron chi connectivity index (χ3n) is 8.98. The summed E-state index contributed by atoms with van der Waals surface area (Å²) in [7, 11) is 3.33. The normalized spacial score (nSPS) is 14.7. The Morgan fingerprint density at radius 2 is 1.40 bits per heavy atom. The fourth-order valence-corrected chi connectivity index (χ4v) is 15.2. The summed E-state index contributed by atoms with van der Waals surface area (Å²) in [6.07, 6.45) is 9.24. The molecule has 0 saturated heterocycles. The minimum Gasteiger partial charge on any atom is -0.495 e. The number of hydrogen-bond acceptors (Lipinski definition) is 11. The molecular weight excluding hydrogens is 713 g/mol. The Balaban J connectivity index is 1.26. The lowest BCUT2D eigenvalue weighted by molar-refractivity contribution is 0.356. The van der Waals surface area contributed by atoms with Gasteiger partial charge in [0.2, 0.25) is 0 Å². The Hall–Kier alpha value is -4.24. The third kappa shape index (κ3) is 4.68. The molecule has 1 saturated carbocycles. The molecule has 2 aliphatic rings. The first-order valence-corrected chi connectivity index (χ1v) is 19.9. The van der Waals surface area contributed by atoms with Crippen LogP contribution in [0, 0.1) is 40.6 Å². The molecular formula is C36H22N4O2S6. The summed E-state index contributed by atoms with van der Waals surface area (Å²) in [5.74, 6) is 1.52. The lowest BCUT2D eigenvalue weighted by Crippen LogP contribution is -2.27. The molecule has 6 aromatic rings. The zero-order valence-electron chi connectivity index (χ0n) is 25.6. The van der Waals surface area contributed by atoms with Gasteiger partial charge in [-0.1, -0.05) is 19.3 Å². The lowest BCUT2D eigenvalue weighted by atomic mass is 9.68. The maximum Gasteiger partial charge on any atom is 0.263 e. The first kappa shape index (κ1) is 31.1. The molecule has 234 valence electrons. The highest BCUT2D eigenvalue weighted by molar-refractivity contribution is 7.41. The van der Waals surface area contributed by atoms with Crippen molar-refractivity contribution in [3.05, 3.63) is 67.8 Å². The maximum absolute atomic E-state index is 9.31. The van der Waals surface area contributed by atoms with E-state index in [0.717, 1.165) is 48.7 Å². The number of thiophene rings is 6. The zero-order valence-corrected chi connectivity index (χ0v) is 30.5. The monoisotopic (exact) mass is 734 g/mol. The second kappa shape index (κ2) is 12.0. The van der Waals surface area contributed by atoms with Crippen molar-refractivity contribution < 1.29 is 9.47 Å². The largest absolute Gasteiger partial charge is 0.495 e. The molecule has 1 spiro atoms. The van der Waals surface area contributed by atoms with Crippen molar-refractivity contribution in [3.63, 3.8) is 0 Å².